The van der Waals surface area contributed by atoms with Gasteiger partial charge in [-0.05, 0) is 22.3 Å². The van der Waals surface area contributed by atoms with E-state index in [4.69, 9.17) is 4.74 Å². The second kappa shape index (κ2) is 13.6. The average molecular weight is 541 g/mol. The van der Waals surface area contributed by atoms with Crippen LogP contribution in [0.5, 0.6) is 0 Å². The fourth-order valence-electron chi connectivity index (χ4n) is 5.15. The molecule has 0 spiro atoms. The summed E-state index contributed by atoms with van der Waals surface area (Å²) in [4.78, 5) is 14.6. The highest BCUT2D eigenvalue weighted by atomic mass is 16.5. The lowest BCUT2D eigenvalue weighted by Gasteiger charge is -2.49. The summed E-state index contributed by atoms with van der Waals surface area (Å²) in [5.41, 5.74) is -1.55. The first-order chi connectivity index (χ1) is 19.4. The maximum Gasteiger partial charge on any atom is 0.172 e. The Hall–Kier alpha value is -3.65. The fourth-order valence-corrected chi connectivity index (χ4v) is 5.15. The maximum atomic E-state index is 14.6. The summed E-state index contributed by atoms with van der Waals surface area (Å²) < 4.78 is 6.55. The highest BCUT2D eigenvalue weighted by molar-refractivity contribution is 5.91. The van der Waals surface area contributed by atoms with E-state index in [9.17, 15) is 25.2 Å². The molecule has 0 bridgehead atoms. The fraction of sp³-hybridized carbons (Fsp3) is 0.265. The number of ether oxygens (including phenoxy) is 1. The molecule has 0 radical (unpaired) electrons. The van der Waals surface area contributed by atoms with Crippen LogP contribution in [0.25, 0.3) is 0 Å². The zero-order valence-corrected chi connectivity index (χ0v) is 22.3. The van der Waals surface area contributed by atoms with Crippen molar-refractivity contribution in [2.24, 2.45) is 0 Å². The molecule has 0 fully saturated rings. The summed E-state index contributed by atoms with van der Waals surface area (Å²) in [5, 5.41) is 44.7. The van der Waals surface area contributed by atoms with Gasteiger partial charge in [0, 0.05) is 19.3 Å². The highest BCUT2D eigenvalue weighted by Crippen LogP contribution is 2.40. The van der Waals surface area contributed by atoms with Crippen LogP contribution in [0.4, 0.5) is 0 Å². The van der Waals surface area contributed by atoms with Gasteiger partial charge in [-0.3, -0.25) is 4.79 Å². The van der Waals surface area contributed by atoms with Crippen molar-refractivity contribution in [2.45, 2.75) is 49.3 Å². The number of aliphatic hydroxyl groups is 4. The molecule has 4 rings (SSSR count). The molecule has 0 saturated heterocycles. The van der Waals surface area contributed by atoms with E-state index in [1.165, 1.54) is 0 Å². The van der Waals surface area contributed by atoms with Gasteiger partial charge in [0.1, 0.15) is 17.8 Å². The molecule has 4 atom stereocenters. The third kappa shape index (κ3) is 6.73. The molecular formula is C34H36O6. The van der Waals surface area contributed by atoms with Crippen molar-refractivity contribution in [3.8, 4) is 0 Å². The van der Waals surface area contributed by atoms with Gasteiger partial charge in [-0.2, -0.15) is 0 Å². The van der Waals surface area contributed by atoms with E-state index in [0.717, 1.165) is 5.56 Å². The quantitative estimate of drug-likeness (QED) is 0.194. The molecule has 4 aromatic rings. The minimum Gasteiger partial charge on any atom is -0.394 e. The van der Waals surface area contributed by atoms with E-state index in [1.54, 1.807) is 24.3 Å². The van der Waals surface area contributed by atoms with E-state index in [2.05, 4.69) is 0 Å². The number of benzene rings is 4. The van der Waals surface area contributed by atoms with Crippen LogP contribution in [0.3, 0.4) is 0 Å². The SMILES string of the molecule is O=C(Cc1ccccc1)[C@](Cc1ccccc1)(OCc1ccccc1)C(O)(Cc1ccccc1)C(O)C(O)CO. The molecule has 0 aliphatic heterocycles. The second-order valence-electron chi connectivity index (χ2n) is 10.1. The predicted molar refractivity (Wildman–Crippen MR) is 153 cm³/mol. The topological polar surface area (TPSA) is 107 Å². The Morgan fingerprint density at radius 1 is 0.650 bits per heavy atom. The Kier molecular flexibility index (Phi) is 9.98. The van der Waals surface area contributed by atoms with Crippen LogP contribution >= 0.6 is 0 Å². The van der Waals surface area contributed by atoms with Crippen LogP contribution in [0.2, 0.25) is 0 Å². The first kappa shape index (κ1) is 29.3. The Morgan fingerprint density at radius 2 is 1.07 bits per heavy atom. The molecule has 40 heavy (non-hydrogen) atoms. The molecule has 0 amide bonds. The van der Waals surface area contributed by atoms with Crippen molar-refractivity contribution in [3.05, 3.63) is 144 Å². The molecule has 3 unspecified atom stereocenters. The zero-order valence-electron chi connectivity index (χ0n) is 22.3. The van der Waals surface area contributed by atoms with Gasteiger partial charge >= 0.3 is 0 Å². The smallest absolute Gasteiger partial charge is 0.172 e. The van der Waals surface area contributed by atoms with Gasteiger partial charge in [0.2, 0.25) is 0 Å². The number of hydrogen-bond acceptors (Lipinski definition) is 6. The molecule has 4 aromatic carbocycles. The molecule has 0 heterocycles. The monoisotopic (exact) mass is 540 g/mol. The lowest BCUT2D eigenvalue weighted by Crippen LogP contribution is -2.71. The molecule has 0 aliphatic carbocycles. The number of rotatable bonds is 14. The number of Topliss-reactive ketones (excluding diaryl/α,β-unsaturated/α-hetero) is 1. The summed E-state index contributed by atoms with van der Waals surface area (Å²) in [7, 11) is 0. The second-order valence-corrected chi connectivity index (χ2v) is 10.1. The molecular weight excluding hydrogens is 504 g/mol. The minimum atomic E-state index is -2.34. The van der Waals surface area contributed by atoms with Crippen LogP contribution < -0.4 is 0 Å². The van der Waals surface area contributed by atoms with E-state index >= 15 is 0 Å². The lowest BCUT2D eigenvalue weighted by molar-refractivity contribution is -0.241. The van der Waals surface area contributed by atoms with Gasteiger partial charge in [0.15, 0.2) is 11.4 Å². The summed E-state index contributed by atoms with van der Waals surface area (Å²) in [6, 6.07) is 36.5. The van der Waals surface area contributed by atoms with Gasteiger partial charge in [0.25, 0.3) is 0 Å². The average Bonchev–Trinajstić information content (AvgIpc) is 3.00. The predicted octanol–water partition coefficient (Wildman–Crippen LogP) is 3.68. The number of aliphatic hydroxyl groups excluding tert-OH is 3. The Balaban J connectivity index is 1.92. The normalized spacial score (nSPS) is 15.9. The van der Waals surface area contributed by atoms with E-state index < -0.39 is 35.8 Å². The number of carbonyl (C=O) groups excluding carboxylic acids is 1. The summed E-state index contributed by atoms with van der Waals surface area (Å²) in [5.74, 6) is -0.457. The molecule has 6 nitrogen and oxygen atoms in total. The van der Waals surface area contributed by atoms with Crippen LogP contribution in [0, 0.1) is 0 Å². The van der Waals surface area contributed by atoms with Crippen molar-refractivity contribution < 1.29 is 30.0 Å². The van der Waals surface area contributed by atoms with Crippen molar-refractivity contribution >= 4 is 5.78 Å². The lowest BCUT2D eigenvalue weighted by atomic mass is 9.67. The molecule has 6 heteroatoms. The van der Waals surface area contributed by atoms with Crippen molar-refractivity contribution in [1.82, 2.24) is 0 Å². The van der Waals surface area contributed by atoms with Gasteiger partial charge in [-0.15, -0.1) is 0 Å². The van der Waals surface area contributed by atoms with E-state index in [1.807, 2.05) is 97.1 Å². The van der Waals surface area contributed by atoms with Crippen molar-refractivity contribution in [3.63, 3.8) is 0 Å². The zero-order chi connectivity index (χ0) is 28.4. The molecule has 4 N–H and O–H groups in total. The largest absolute Gasteiger partial charge is 0.394 e. The standard InChI is InChI=1S/C34H36O6/c35-24-30(36)32(38)33(39,22-27-15-7-2-8-16-27)34(23-28-17-9-3-10-18-28,40-25-29-19-11-4-12-20-29)31(37)21-26-13-5-1-6-14-26/h1-20,30,32,35-36,38-39H,21-25H2/t30?,32?,33?,34-/m0/s1. The summed E-state index contributed by atoms with van der Waals surface area (Å²) in [6.45, 7) is -0.849. The number of ketones is 1. The third-order valence-corrected chi connectivity index (χ3v) is 7.34. The maximum absolute atomic E-state index is 14.6. The van der Waals surface area contributed by atoms with E-state index in [0.29, 0.717) is 16.7 Å². The van der Waals surface area contributed by atoms with Gasteiger partial charge in [0.05, 0.1) is 13.2 Å². The van der Waals surface area contributed by atoms with Crippen LogP contribution in [-0.2, 0) is 35.4 Å². The van der Waals surface area contributed by atoms with Crippen LogP contribution in [-0.4, -0.2) is 56.2 Å². The van der Waals surface area contributed by atoms with Gasteiger partial charge < -0.3 is 25.2 Å². The van der Waals surface area contributed by atoms with Gasteiger partial charge in [-0.25, -0.2) is 0 Å². The first-order valence-electron chi connectivity index (χ1n) is 13.4. The number of carbonyl (C=O) groups is 1. The first-order valence-corrected chi connectivity index (χ1v) is 13.4. The number of hydrogen-bond donors (Lipinski definition) is 4. The Labute approximate surface area is 235 Å². The van der Waals surface area contributed by atoms with Crippen molar-refractivity contribution in [1.29, 1.82) is 0 Å². The van der Waals surface area contributed by atoms with Gasteiger partial charge in [-0.1, -0.05) is 121 Å². The van der Waals surface area contributed by atoms with Crippen LogP contribution in [0.1, 0.15) is 22.3 Å². The third-order valence-electron chi connectivity index (χ3n) is 7.34. The van der Waals surface area contributed by atoms with E-state index in [-0.39, 0.29) is 25.9 Å². The van der Waals surface area contributed by atoms with Crippen LogP contribution in [0.15, 0.2) is 121 Å². The molecule has 0 aliphatic rings. The molecule has 0 saturated carbocycles. The summed E-state index contributed by atoms with van der Waals surface area (Å²) >= 11 is 0. The highest BCUT2D eigenvalue weighted by Gasteiger charge is 2.61. The molecule has 0 aromatic heterocycles. The summed E-state index contributed by atoms with van der Waals surface area (Å²) in [6.07, 6.45) is -4.02. The Bertz CT molecular complexity index is 1320. The Morgan fingerprint density at radius 3 is 1.55 bits per heavy atom. The van der Waals surface area contributed by atoms with Crippen molar-refractivity contribution in [2.75, 3.05) is 6.61 Å². The molecule has 208 valence electrons. The minimum absolute atomic E-state index is 0.0345.